The summed E-state index contributed by atoms with van der Waals surface area (Å²) in [5, 5.41) is 43.6. The summed E-state index contributed by atoms with van der Waals surface area (Å²) in [5.74, 6) is -5.68. The number of carboxylic acid groups (broad SMARTS) is 3. The van der Waals surface area contributed by atoms with Crippen LogP contribution in [0.15, 0.2) is 0 Å². The van der Waals surface area contributed by atoms with Crippen molar-refractivity contribution >= 4 is 59.1 Å². The van der Waals surface area contributed by atoms with Crippen molar-refractivity contribution in [2.75, 3.05) is 79.0 Å². The van der Waals surface area contributed by atoms with Gasteiger partial charge in [0.15, 0.2) is 5.78 Å². The quantitative estimate of drug-likeness (QED) is 0.0356. The number of hydrogen-bond donors (Lipinski definition) is 9. The number of rotatable bonds is 53. The zero-order valence-electron chi connectivity index (χ0n) is 48.2. The van der Waals surface area contributed by atoms with Crippen LogP contribution in [-0.4, -0.2) is 166 Å². The fraction of sp³-hybridized carbons (Fsp3) is 0.825. The number of hydrogen-bond acceptors (Lipinski definition) is 14. The van der Waals surface area contributed by atoms with Crippen molar-refractivity contribution in [1.82, 2.24) is 31.9 Å². The molecule has 0 aromatic heterocycles. The molecule has 0 spiro atoms. The van der Waals surface area contributed by atoms with Crippen LogP contribution in [0.1, 0.15) is 194 Å². The van der Waals surface area contributed by atoms with E-state index in [0.29, 0.717) is 64.1 Å². The van der Waals surface area contributed by atoms with E-state index in [1.54, 1.807) is 0 Å². The molecule has 1 saturated carbocycles. The maximum Gasteiger partial charge on any atom is 0.326 e. The van der Waals surface area contributed by atoms with Gasteiger partial charge in [0.1, 0.15) is 25.3 Å². The predicted octanol–water partition coefficient (Wildman–Crippen LogP) is 5.13. The van der Waals surface area contributed by atoms with Crippen molar-refractivity contribution in [3.63, 3.8) is 0 Å². The molecule has 0 saturated heterocycles. The van der Waals surface area contributed by atoms with Gasteiger partial charge >= 0.3 is 17.9 Å². The van der Waals surface area contributed by atoms with Gasteiger partial charge in [-0.3, -0.25) is 43.2 Å². The summed E-state index contributed by atoms with van der Waals surface area (Å²) in [6.45, 7) is 5.51. The smallest absolute Gasteiger partial charge is 0.326 e. The van der Waals surface area contributed by atoms with E-state index in [1.165, 1.54) is 64.2 Å². The highest BCUT2D eigenvalue weighted by atomic mass is 16.5. The van der Waals surface area contributed by atoms with Crippen LogP contribution in [0.5, 0.6) is 0 Å². The average molecular weight is 1140 g/mol. The van der Waals surface area contributed by atoms with E-state index in [1.807, 2.05) is 13.8 Å². The summed E-state index contributed by atoms with van der Waals surface area (Å²) >= 11 is 0. The second kappa shape index (κ2) is 48.4. The Morgan fingerprint density at radius 3 is 1.54 bits per heavy atom. The highest BCUT2D eigenvalue weighted by Gasteiger charge is 2.30. The normalized spacial score (nSPS) is 14.8. The molecule has 0 aromatic carbocycles. The molecule has 2 atom stereocenters. The predicted molar refractivity (Wildman–Crippen MR) is 298 cm³/mol. The Kier molecular flexibility index (Phi) is 44.1. The van der Waals surface area contributed by atoms with Gasteiger partial charge in [-0.15, -0.1) is 0 Å². The molecule has 0 bridgehead atoms. The molecule has 1 aliphatic carbocycles. The zero-order chi connectivity index (χ0) is 59.0. The zero-order valence-corrected chi connectivity index (χ0v) is 48.2. The number of carboxylic acids is 3. The van der Waals surface area contributed by atoms with Crippen molar-refractivity contribution in [2.24, 2.45) is 17.8 Å². The molecule has 23 heteroatoms. The van der Waals surface area contributed by atoms with Gasteiger partial charge in [0.25, 0.3) is 0 Å². The minimum atomic E-state index is -1.36. The second-order valence-electron chi connectivity index (χ2n) is 21.3. The second-order valence-corrected chi connectivity index (χ2v) is 21.3. The Bertz CT molecular complexity index is 1780. The third-order valence-electron chi connectivity index (χ3n) is 13.6. The lowest BCUT2D eigenvalue weighted by Gasteiger charge is -2.28. The van der Waals surface area contributed by atoms with Crippen LogP contribution in [0.3, 0.4) is 0 Å². The Morgan fingerprint density at radius 2 is 0.975 bits per heavy atom. The summed E-state index contributed by atoms with van der Waals surface area (Å²) in [4.78, 5) is 121. The molecule has 1 aliphatic rings. The Hall–Kier alpha value is -5.26. The summed E-state index contributed by atoms with van der Waals surface area (Å²) in [6.07, 6.45) is 21.1. The highest BCUT2D eigenvalue weighted by molar-refractivity contribution is 5.89. The molecular formula is C57H100N6O17. The van der Waals surface area contributed by atoms with Gasteiger partial charge in [-0.25, -0.2) is 4.79 Å². The first kappa shape index (κ1) is 72.8. The maximum atomic E-state index is 13.1. The van der Waals surface area contributed by atoms with Crippen molar-refractivity contribution in [3.8, 4) is 0 Å². The Balaban J connectivity index is 2.18. The van der Waals surface area contributed by atoms with E-state index in [9.17, 15) is 58.2 Å². The largest absolute Gasteiger partial charge is 0.481 e. The van der Waals surface area contributed by atoms with Gasteiger partial charge in [0.05, 0.1) is 39.6 Å². The maximum absolute atomic E-state index is 13.1. The fourth-order valence-corrected chi connectivity index (χ4v) is 8.85. The van der Waals surface area contributed by atoms with Crippen molar-refractivity contribution in [1.29, 1.82) is 0 Å². The minimum absolute atomic E-state index is 0.0172. The van der Waals surface area contributed by atoms with Crippen LogP contribution in [0.25, 0.3) is 0 Å². The lowest BCUT2D eigenvalue weighted by atomic mass is 9.81. The van der Waals surface area contributed by atoms with E-state index in [-0.39, 0.29) is 115 Å². The topological polar surface area (TPSA) is 340 Å². The number of ether oxygens (including phenoxy) is 4. The lowest BCUT2D eigenvalue weighted by molar-refractivity contribution is -0.143. The summed E-state index contributed by atoms with van der Waals surface area (Å²) in [6, 6.07) is -2.59. The van der Waals surface area contributed by atoms with Gasteiger partial charge in [0.2, 0.25) is 35.4 Å². The lowest BCUT2D eigenvalue weighted by Crippen LogP contribution is -2.48. The minimum Gasteiger partial charge on any atom is -0.481 e. The summed E-state index contributed by atoms with van der Waals surface area (Å²) in [5.41, 5.74) is 0. The third kappa shape index (κ3) is 43.5. The first-order chi connectivity index (χ1) is 38.5. The van der Waals surface area contributed by atoms with Gasteiger partial charge in [0, 0.05) is 64.3 Å². The van der Waals surface area contributed by atoms with Gasteiger partial charge in [-0.1, -0.05) is 104 Å². The number of nitrogens with one attached hydrogen (secondary N) is 6. The van der Waals surface area contributed by atoms with Gasteiger partial charge in [-0.05, 0) is 69.6 Å². The molecule has 0 aliphatic heterocycles. The molecular weight excluding hydrogens is 1040 g/mol. The average Bonchev–Trinajstić information content (AvgIpc) is 3.43. The highest BCUT2D eigenvalue weighted by Crippen LogP contribution is 2.29. The number of aliphatic carboxylic acids is 3. The van der Waals surface area contributed by atoms with Crippen molar-refractivity contribution in [3.05, 3.63) is 0 Å². The molecule has 23 nitrogen and oxygen atoms in total. The molecule has 0 radical (unpaired) electrons. The number of ketones is 1. The van der Waals surface area contributed by atoms with Crippen molar-refractivity contribution < 1.29 is 82.2 Å². The number of carbonyl (C=O) groups is 10. The number of carbonyl (C=O) groups excluding carboxylic acids is 7. The Morgan fingerprint density at radius 1 is 0.450 bits per heavy atom. The molecule has 460 valence electrons. The van der Waals surface area contributed by atoms with Gasteiger partial charge < -0.3 is 66.2 Å². The van der Waals surface area contributed by atoms with Crippen LogP contribution in [0.4, 0.5) is 0 Å². The molecule has 80 heavy (non-hydrogen) atoms. The van der Waals surface area contributed by atoms with E-state index >= 15 is 0 Å². The van der Waals surface area contributed by atoms with Gasteiger partial charge in [-0.2, -0.15) is 0 Å². The van der Waals surface area contributed by atoms with Crippen LogP contribution in [-0.2, 0) is 66.9 Å². The molecule has 0 heterocycles. The van der Waals surface area contributed by atoms with E-state index in [4.69, 9.17) is 24.1 Å². The van der Waals surface area contributed by atoms with Crippen LogP contribution in [0, 0.1) is 17.8 Å². The fourth-order valence-electron chi connectivity index (χ4n) is 8.85. The molecule has 0 unspecified atom stereocenters. The van der Waals surface area contributed by atoms with Crippen LogP contribution in [0.2, 0.25) is 0 Å². The Labute approximate surface area is 474 Å². The third-order valence-corrected chi connectivity index (χ3v) is 13.6. The number of Topliss-reactive ketones (excluding diaryl/α,β-unsaturated/α-hetero) is 1. The first-order valence-electron chi connectivity index (χ1n) is 29.6. The molecule has 6 amide bonds. The van der Waals surface area contributed by atoms with Crippen LogP contribution < -0.4 is 31.9 Å². The standard InChI is InChI=1S/C57H100N6O17/c1-43(2)38-59-51(67)40-61-52(68)42-80-37-34-77-32-19-20-46(64)41-79-36-35-78-33-31-58-56(74)47(28-30-54(71)72)62-50(66)29-27-48(57(75)76)63-55(73)45-25-23-44(24-26-45)39-60-49(65)21-17-15-13-11-9-7-5-3-4-6-8-10-12-14-16-18-22-53(69)70/h43-45,47-48H,3-42H2,1-2H3,(H,58,74)(H,59,67)(H,60,65)(H,61,68)(H,62,66)(H,63,73)(H,69,70)(H,71,72)(H,75,76)/t44?,45?,47-,48-/m0/s1. The van der Waals surface area contributed by atoms with E-state index < -0.39 is 66.0 Å². The monoisotopic (exact) mass is 1140 g/mol. The van der Waals surface area contributed by atoms with E-state index in [0.717, 1.165) is 38.5 Å². The van der Waals surface area contributed by atoms with Crippen molar-refractivity contribution in [2.45, 2.75) is 206 Å². The van der Waals surface area contributed by atoms with E-state index in [2.05, 4.69) is 31.9 Å². The molecule has 1 fully saturated rings. The SMILES string of the molecule is CC(C)CNC(=O)CNC(=O)COCCOCCCC(=O)COCCOCCNC(=O)[C@H](CCC(=O)O)NC(=O)CC[C@H](NC(=O)C1CCC(CNC(=O)CCCCCCCCCCCCCCCCCCC(=O)O)CC1)C(=O)O. The number of amides is 6. The summed E-state index contributed by atoms with van der Waals surface area (Å²) in [7, 11) is 0. The number of unbranched alkanes of at least 4 members (excludes halogenated alkanes) is 15. The first-order valence-corrected chi connectivity index (χ1v) is 29.6. The summed E-state index contributed by atoms with van der Waals surface area (Å²) < 4.78 is 21.4. The van der Waals surface area contributed by atoms with Crippen LogP contribution >= 0.6 is 0 Å². The molecule has 1 rings (SSSR count). The molecule has 9 N–H and O–H groups in total. The molecule has 0 aromatic rings.